The van der Waals surface area contributed by atoms with E-state index in [4.69, 9.17) is 4.42 Å². The molecule has 0 spiro atoms. The fourth-order valence-corrected chi connectivity index (χ4v) is 6.72. The lowest BCUT2D eigenvalue weighted by Crippen LogP contribution is -2.10. The Bertz CT molecular complexity index is 2480. The summed E-state index contributed by atoms with van der Waals surface area (Å²) in [7, 11) is 0. The first-order valence-electron chi connectivity index (χ1n) is 15.0. The fraction of sp³-hybridized carbons (Fsp3) is 0. The van der Waals surface area contributed by atoms with Crippen LogP contribution in [-0.4, -0.2) is 0 Å². The van der Waals surface area contributed by atoms with Gasteiger partial charge in [0.2, 0.25) is 0 Å². The van der Waals surface area contributed by atoms with Crippen molar-refractivity contribution in [2.75, 3.05) is 4.90 Å². The summed E-state index contributed by atoms with van der Waals surface area (Å²) < 4.78 is 6.48. The molecule has 9 rings (SSSR count). The number of hydrogen-bond donors (Lipinski definition) is 0. The molecule has 0 aliphatic heterocycles. The maximum Gasteiger partial charge on any atom is 0.143 e. The first kappa shape index (κ1) is 24.7. The largest absolute Gasteiger partial charge is 0.455 e. The van der Waals surface area contributed by atoms with Crippen molar-refractivity contribution in [2.45, 2.75) is 0 Å². The van der Waals surface area contributed by atoms with Gasteiger partial charge in [0.05, 0.1) is 5.69 Å². The topological polar surface area (TPSA) is 16.4 Å². The van der Waals surface area contributed by atoms with Crippen molar-refractivity contribution in [1.29, 1.82) is 0 Å². The monoisotopic (exact) mass is 561 g/mol. The van der Waals surface area contributed by atoms with Gasteiger partial charge in [-0.1, -0.05) is 121 Å². The van der Waals surface area contributed by atoms with E-state index in [0.29, 0.717) is 0 Å². The van der Waals surface area contributed by atoms with E-state index in [2.05, 4.69) is 163 Å². The van der Waals surface area contributed by atoms with Gasteiger partial charge in [-0.2, -0.15) is 0 Å². The molecule has 44 heavy (non-hydrogen) atoms. The number of fused-ring (bicyclic) bond motifs is 8. The molecule has 0 atom stereocenters. The molecule has 2 heteroatoms. The number of furan rings is 1. The Labute approximate surface area is 255 Å². The lowest BCUT2D eigenvalue weighted by molar-refractivity contribution is 0.673. The van der Waals surface area contributed by atoms with Crippen LogP contribution in [0.3, 0.4) is 0 Å². The quantitative estimate of drug-likeness (QED) is 0.199. The third-order valence-electron chi connectivity index (χ3n) is 8.82. The molecule has 206 valence electrons. The van der Waals surface area contributed by atoms with Crippen LogP contribution in [0.5, 0.6) is 0 Å². The third-order valence-corrected chi connectivity index (χ3v) is 8.82. The molecule has 0 radical (unpaired) electrons. The molecule has 0 aliphatic rings. The Morgan fingerprint density at radius 1 is 0.386 bits per heavy atom. The van der Waals surface area contributed by atoms with Crippen molar-refractivity contribution >= 4 is 71.3 Å². The number of rotatable bonds is 4. The molecule has 9 aromatic rings. The average molecular weight is 562 g/mol. The van der Waals surface area contributed by atoms with Crippen molar-refractivity contribution < 1.29 is 4.42 Å². The highest BCUT2D eigenvalue weighted by Gasteiger charge is 2.18. The standard InChI is InChI=1S/C42H27NO/c1-2-9-28(10-3-1)29-19-22-33(23-20-29)43(39-15-8-12-30-11-4-5-13-35(30)39)34-24-26-36-32(27-34)18-17-31-21-25-38-37-14-6-7-16-40(37)44-42(38)41(31)36/h1-27H. The number of para-hydroxylation sites is 1. The molecule has 0 bridgehead atoms. The predicted octanol–water partition coefficient (Wildman–Crippen LogP) is 12.2. The van der Waals surface area contributed by atoms with Crippen LogP contribution < -0.4 is 4.90 Å². The van der Waals surface area contributed by atoms with Gasteiger partial charge >= 0.3 is 0 Å². The van der Waals surface area contributed by atoms with Crippen LogP contribution in [0, 0.1) is 0 Å². The highest BCUT2D eigenvalue weighted by molar-refractivity contribution is 6.23. The van der Waals surface area contributed by atoms with Gasteiger partial charge in [-0.05, 0) is 75.1 Å². The molecule has 8 aromatic carbocycles. The lowest BCUT2D eigenvalue weighted by atomic mass is 9.98. The molecule has 1 heterocycles. The Morgan fingerprint density at radius 3 is 1.93 bits per heavy atom. The number of anilines is 3. The molecule has 0 fully saturated rings. The van der Waals surface area contributed by atoms with Crippen molar-refractivity contribution in [3.8, 4) is 11.1 Å². The minimum atomic E-state index is 0.921. The van der Waals surface area contributed by atoms with Crippen molar-refractivity contribution in [1.82, 2.24) is 0 Å². The summed E-state index contributed by atoms with van der Waals surface area (Å²) in [4.78, 5) is 2.38. The van der Waals surface area contributed by atoms with E-state index in [9.17, 15) is 0 Å². The molecule has 0 N–H and O–H groups in total. The van der Waals surface area contributed by atoms with E-state index in [1.807, 2.05) is 6.07 Å². The van der Waals surface area contributed by atoms with Crippen LogP contribution in [0.25, 0.3) is 65.4 Å². The van der Waals surface area contributed by atoms with Gasteiger partial charge in [-0.25, -0.2) is 0 Å². The SMILES string of the molecule is c1ccc(-c2ccc(N(c3ccc4c(ccc5ccc6c7ccccc7oc6c54)c3)c3cccc4ccccc34)cc2)cc1. The van der Waals surface area contributed by atoms with E-state index < -0.39 is 0 Å². The van der Waals surface area contributed by atoms with E-state index in [-0.39, 0.29) is 0 Å². The fourth-order valence-electron chi connectivity index (χ4n) is 6.72. The lowest BCUT2D eigenvalue weighted by Gasteiger charge is -2.27. The van der Waals surface area contributed by atoms with Crippen LogP contribution in [0.4, 0.5) is 17.1 Å². The van der Waals surface area contributed by atoms with Gasteiger partial charge in [-0.3, -0.25) is 0 Å². The molecule has 2 nitrogen and oxygen atoms in total. The van der Waals surface area contributed by atoms with Crippen LogP contribution in [0.15, 0.2) is 168 Å². The minimum Gasteiger partial charge on any atom is -0.455 e. The summed E-state index contributed by atoms with van der Waals surface area (Å²) in [6.07, 6.45) is 0. The summed E-state index contributed by atoms with van der Waals surface area (Å²) in [5.41, 5.74) is 7.65. The van der Waals surface area contributed by atoms with Crippen molar-refractivity contribution in [3.63, 3.8) is 0 Å². The second-order valence-corrected chi connectivity index (χ2v) is 11.4. The van der Waals surface area contributed by atoms with Gasteiger partial charge in [0.1, 0.15) is 11.2 Å². The average Bonchev–Trinajstić information content (AvgIpc) is 3.48. The summed E-state index contributed by atoms with van der Waals surface area (Å²) in [6, 6.07) is 58.6. The van der Waals surface area contributed by atoms with E-state index in [1.165, 1.54) is 38.1 Å². The van der Waals surface area contributed by atoms with Crippen LogP contribution in [0.2, 0.25) is 0 Å². The second-order valence-electron chi connectivity index (χ2n) is 11.4. The molecule has 0 amide bonds. The molecule has 0 saturated heterocycles. The Balaban J connectivity index is 1.26. The zero-order valence-electron chi connectivity index (χ0n) is 23.9. The second kappa shape index (κ2) is 9.86. The molecule has 0 aliphatic carbocycles. The van der Waals surface area contributed by atoms with Crippen LogP contribution >= 0.6 is 0 Å². The molecular weight excluding hydrogens is 534 g/mol. The molecular formula is C42H27NO. The number of hydrogen-bond acceptors (Lipinski definition) is 2. The minimum absolute atomic E-state index is 0.921. The zero-order chi connectivity index (χ0) is 29.0. The van der Waals surface area contributed by atoms with Crippen LogP contribution in [-0.2, 0) is 0 Å². The highest BCUT2D eigenvalue weighted by Crippen LogP contribution is 2.42. The summed E-state index contributed by atoms with van der Waals surface area (Å²) in [5, 5.41) is 9.44. The van der Waals surface area contributed by atoms with E-state index in [1.54, 1.807) is 0 Å². The summed E-state index contributed by atoms with van der Waals surface area (Å²) in [6.45, 7) is 0. The number of benzene rings is 8. The van der Waals surface area contributed by atoms with Crippen LogP contribution in [0.1, 0.15) is 0 Å². The first-order valence-corrected chi connectivity index (χ1v) is 15.0. The smallest absolute Gasteiger partial charge is 0.143 e. The first-order chi connectivity index (χ1) is 21.8. The molecule has 0 saturated carbocycles. The van der Waals surface area contributed by atoms with Gasteiger partial charge in [0.25, 0.3) is 0 Å². The summed E-state index contributed by atoms with van der Waals surface area (Å²) >= 11 is 0. The van der Waals surface area contributed by atoms with E-state index in [0.717, 1.165) is 44.4 Å². The maximum atomic E-state index is 6.48. The third kappa shape index (κ3) is 3.89. The van der Waals surface area contributed by atoms with Crippen molar-refractivity contribution in [2.24, 2.45) is 0 Å². The van der Waals surface area contributed by atoms with Gasteiger partial charge in [-0.15, -0.1) is 0 Å². The maximum absolute atomic E-state index is 6.48. The Kier molecular flexibility index (Phi) is 5.54. The normalized spacial score (nSPS) is 11.6. The molecule has 0 unspecified atom stereocenters. The number of nitrogens with zero attached hydrogens (tertiary/aromatic N) is 1. The zero-order valence-corrected chi connectivity index (χ0v) is 23.9. The highest BCUT2D eigenvalue weighted by atomic mass is 16.3. The molecule has 1 aromatic heterocycles. The van der Waals surface area contributed by atoms with E-state index >= 15 is 0 Å². The summed E-state index contributed by atoms with van der Waals surface area (Å²) in [5.74, 6) is 0. The van der Waals surface area contributed by atoms with Gasteiger partial charge < -0.3 is 9.32 Å². The predicted molar refractivity (Wildman–Crippen MR) is 186 cm³/mol. The van der Waals surface area contributed by atoms with Gasteiger partial charge in [0.15, 0.2) is 0 Å². The van der Waals surface area contributed by atoms with Crippen molar-refractivity contribution in [3.05, 3.63) is 164 Å². The Morgan fingerprint density at radius 2 is 1.05 bits per heavy atom. The van der Waals surface area contributed by atoms with Gasteiger partial charge in [0, 0.05) is 32.9 Å². The Hall–Kier alpha value is -5.86.